The van der Waals surface area contributed by atoms with Crippen molar-refractivity contribution in [2.45, 2.75) is 76.9 Å². The van der Waals surface area contributed by atoms with Gasteiger partial charge in [0.1, 0.15) is 5.60 Å². The first-order chi connectivity index (χ1) is 14.4. The molecule has 0 unspecified atom stereocenters. The van der Waals surface area contributed by atoms with Crippen LogP contribution in [0.15, 0.2) is 35.9 Å². The predicted molar refractivity (Wildman–Crippen MR) is 117 cm³/mol. The van der Waals surface area contributed by atoms with Gasteiger partial charge in [-0.05, 0) is 70.6 Å². The average molecular weight is 426 g/mol. The smallest absolute Gasteiger partial charge is 0.421 e. The van der Waals surface area contributed by atoms with Crippen molar-refractivity contribution in [1.82, 2.24) is 0 Å². The molecule has 3 aliphatic rings. The molecule has 1 aromatic carbocycles. The number of benzene rings is 1. The third-order valence-electron chi connectivity index (χ3n) is 7.00. The molecule has 1 saturated carbocycles. The Hall–Kier alpha value is -2.47. The van der Waals surface area contributed by atoms with Gasteiger partial charge >= 0.3 is 6.09 Å². The van der Waals surface area contributed by atoms with E-state index >= 15 is 0 Å². The molecule has 1 N–H and O–H groups in total. The van der Waals surface area contributed by atoms with E-state index < -0.39 is 22.7 Å². The van der Waals surface area contributed by atoms with E-state index in [1.165, 1.54) is 0 Å². The Labute approximate surface area is 183 Å². The number of ether oxygens (including phenoxy) is 1. The van der Waals surface area contributed by atoms with E-state index in [4.69, 9.17) is 4.74 Å². The van der Waals surface area contributed by atoms with Crippen molar-refractivity contribution < 1.29 is 24.2 Å². The van der Waals surface area contributed by atoms with E-state index in [1.807, 2.05) is 19.1 Å². The minimum atomic E-state index is -1.18. The van der Waals surface area contributed by atoms with Crippen LogP contribution in [0.4, 0.5) is 10.5 Å². The second-order valence-electron chi connectivity index (χ2n) is 10.4. The summed E-state index contributed by atoms with van der Waals surface area (Å²) < 4.78 is 5.54. The molecule has 2 amide bonds. The summed E-state index contributed by atoms with van der Waals surface area (Å²) in [6.45, 7) is 8.99. The van der Waals surface area contributed by atoms with Crippen molar-refractivity contribution in [3.63, 3.8) is 0 Å². The van der Waals surface area contributed by atoms with Gasteiger partial charge in [-0.2, -0.15) is 0 Å². The molecule has 1 spiro atoms. The highest BCUT2D eigenvalue weighted by atomic mass is 16.6. The lowest BCUT2D eigenvalue weighted by molar-refractivity contribution is -0.124. The van der Waals surface area contributed by atoms with Crippen LogP contribution in [0.5, 0.6) is 0 Å². The number of imide groups is 1. The number of amides is 2. The molecule has 1 heterocycles. The number of fused-ring (bicyclic) bond motifs is 2. The van der Waals surface area contributed by atoms with E-state index in [1.54, 1.807) is 45.9 Å². The molecule has 4 rings (SSSR count). The highest BCUT2D eigenvalue weighted by Crippen LogP contribution is 2.61. The van der Waals surface area contributed by atoms with Crippen LogP contribution >= 0.6 is 0 Å². The molecule has 6 heteroatoms. The van der Waals surface area contributed by atoms with Gasteiger partial charge in [0.15, 0.2) is 5.78 Å². The molecule has 2 aliphatic carbocycles. The summed E-state index contributed by atoms with van der Waals surface area (Å²) in [6, 6.07) is 7.27. The van der Waals surface area contributed by atoms with Crippen LogP contribution in [0, 0.1) is 11.8 Å². The van der Waals surface area contributed by atoms with Crippen LogP contribution in [0.25, 0.3) is 0 Å². The van der Waals surface area contributed by atoms with E-state index in [2.05, 4.69) is 0 Å². The number of hydrogen-bond acceptors (Lipinski definition) is 5. The fourth-order valence-corrected chi connectivity index (χ4v) is 6.01. The van der Waals surface area contributed by atoms with Crippen molar-refractivity contribution in [2.75, 3.05) is 4.90 Å². The number of nitrogens with zero attached hydrogens (tertiary/aromatic N) is 1. The molecule has 0 radical (unpaired) electrons. The Bertz CT molecular complexity index is 986. The number of hydrogen-bond donors (Lipinski definition) is 1. The molecule has 1 fully saturated rings. The monoisotopic (exact) mass is 425 g/mol. The highest BCUT2D eigenvalue weighted by molar-refractivity contribution is 6.21. The molecule has 4 atom stereocenters. The minimum absolute atomic E-state index is 0.0683. The van der Waals surface area contributed by atoms with Crippen LogP contribution < -0.4 is 4.90 Å². The van der Waals surface area contributed by atoms with Gasteiger partial charge in [-0.25, -0.2) is 9.69 Å². The van der Waals surface area contributed by atoms with E-state index in [0.29, 0.717) is 12.1 Å². The number of carbonyl (C=O) groups excluding carboxylic acids is 3. The molecule has 0 bridgehead atoms. The molecular formula is C25H31NO5. The molecule has 0 saturated heterocycles. The molecule has 0 aromatic heterocycles. The number of aliphatic hydroxyl groups is 1. The van der Waals surface area contributed by atoms with Crippen molar-refractivity contribution >= 4 is 23.5 Å². The lowest BCUT2D eigenvalue weighted by Gasteiger charge is -2.33. The maximum Gasteiger partial charge on any atom is 0.421 e. The highest BCUT2D eigenvalue weighted by Gasteiger charge is 2.67. The standard InChI is InChI=1S/C25H31NO5/c1-15-20(16-9-8-10-17(27)13-16)24(5,30)14-25(15)18-11-6-7-12-19(18)26(21(25)28)22(29)31-23(2,3)4/h6-7,11-13,15,20,30H,8-10,14H2,1-5H3/t15-,20+,24+,25+/m1/s1. The Morgan fingerprint density at radius 3 is 2.52 bits per heavy atom. The zero-order valence-electron chi connectivity index (χ0n) is 18.9. The third kappa shape index (κ3) is 3.32. The van der Waals surface area contributed by atoms with Gasteiger partial charge in [0.05, 0.1) is 16.7 Å². The Kier molecular flexibility index (Phi) is 4.93. The normalized spacial score (nSPS) is 33.0. The fraction of sp³-hybridized carbons (Fsp3) is 0.560. The molecule has 166 valence electrons. The van der Waals surface area contributed by atoms with Gasteiger partial charge in [0.2, 0.25) is 5.91 Å². The minimum Gasteiger partial charge on any atom is -0.443 e. The van der Waals surface area contributed by atoms with E-state index in [0.717, 1.165) is 28.9 Å². The molecular weight excluding hydrogens is 394 g/mol. The number of rotatable bonds is 1. The first-order valence-electron chi connectivity index (χ1n) is 11.0. The maximum absolute atomic E-state index is 13.9. The quantitative estimate of drug-likeness (QED) is 0.726. The van der Waals surface area contributed by atoms with Crippen molar-refractivity contribution in [1.29, 1.82) is 0 Å². The van der Waals surface area contributed by atoms with Gasteiger partial charge in [-0.3, -0.25) is 9.59 Å². The lowest BCUT2D eigenvalue weighted by atomic mass is 9.70. The topological polar surface area (TPSA) is 83.9 Å². The number of carbonyl (C=O) groups is 3. The Morgan fingerprint density at radius 1 is 1.19 bits per heavy atom. The lowest BCUT2D eigenvalue weighted by Crippen LogP contribution is -2.47. The molecule has 6 nitrogen and oxygen atoms in total. The van der Waals surface area contributed by atoms with Crippen LogP contribution in [-0.2, 0) is 19.7 Å². The van der Waals surface area contributed by atoms with E-state index in [-0.39, 0.29) is 29.9 Å². The number of anilines is 1. The third-order valence-corrected chi connectivity index (χ3v) is 7.00. The van der Waals surface area contributed by atoms with Gasteiger partial charge in [0, 0.05) is 12.3 Å². The summed E-state index contributed by atoms with van der Waals surface area (Å²) in [6.07, 6.45) is 3.15. The fourth-order valence-electron chi connectivity index (χ4n) is 6.01. The summed E-state index contributed by atoms with van der Waals surface area (Å²) in [4.78, 5) is 40.2. The van der Waals surface area contributed by atoms with Gasteiger partial charge < -0.3 is 9.84 Å². The number of ketones is 1. The van der Waals surface area contributed by atoms with Crippen LogP contribution in [0.2, 0.25) is 0 Å². The summed E-state index contributed by atoms with van der Waals surface area (Å²) in [5.41, 5.74) is -0.822. The average Bonchev–Trinajstić information content (AvgIpc) is 3.02. The summed E-state index contributed by atoms with van der Waals surface area (Å²) in [7, 11) is 0. The van der Waals surface area contributed by atoms with Gasteiger partial charge in [0.25, 0.3) is 0 Å². The van der Waals surface area contributed by atoms with Crippen LogP contribution in [-0.4, -0.2) is 34.1 Å². The Morgan fingerprint density at radius 2 is 1.87 bits per heavy atom. The molecule has 1 aliphatic heterocycles. The first kappa shape index (κ1) is 21.8. The van der Waals surface area contributed by atoms with Crippen LogP contribution in [0.1, 0.15) is 65.9 Å². The number of allylic oxidation sites excluding steroid dienone is 1. The van der Waals surface area contributed by atoms with E-state index in [9.17, 15) is 19.5 Å². The second kappa shape index (κ2) is 7.02. The van der Waals surface area contributed by atoms with Crippen molar-refractivity contribution in [2.24, 2.45) is 11.8 Å². The second-order valence-corrected chi connectivity index (χ2v) is 10.4. The van der Waals surface area contributed by atoms with Gasteiger partial charge in [-0.15, -0.1) is 0 Å². The Balaban J connectivity index is 1.82. The van der Waals surface area contributed by atoms with Crippen molar-refractivity contribution in [3.8, 4) is 0 Å². The zero-order valence-corrected chi connectivity index (χ0v) is 18.9. The summed E-state index contributed by atoms with van der Waals surface area (Å²) in [5.74, 6) is -0.923. The maximum atomic E-state index is 13.9. The number of para-hydroxylation sites is 1. The van der Waals surface area contributed by atoms with Crippen LogP contribution in [0.3, 0.4) is 0 Å². The first-order valence-corrected chi connectivity index (χ1v) is 11.0. The van der Waals surface area contributed by atoms with Crippen molar-refractivity contribution in [3.05, 3.63) is 41.5 Å². The summed E-state index contributed by atoms with van der Waals surface area (Å²) in [5, 5.41) is 11.5. The molecule has 31 heavy (non-hydrogen) atoms. The molecule has 1 aromatic rings. The zero-order chi connectivity index (χ0) is 22.8. The largest absolute Gasteiger partial charge is 0.443 e. The SMILES string of the molecule is C[C@@H]1[C@@H](C2=CC(=O)CCC2)[C@@](C)(O)C[C@]12C(=O)N(C(=O)OC(C)(C)C)c1ccccc12. The summed E-state index contributed by atoms with van der Waals surface area (Å²) >= 11 is 0. The van der Waals surface area contributed by atoms with Gasteiger partial charge in [-0.1, -0.05) is 30.7 Å². The predicted octanol–water partition coefficient (Wildman–Crippen LogP) is 4.29.